The lowest BCUT2D eigenvalue weighted by Gasteiger charge is -2.36. The predicted octanol–water partition coefficient (Wildman–Crippen LogP) is 2.30. The van der Waals surface area contributed by atoms with E-state index in [0.29, 0.717) is 12.0 Å². The van der Waals surface area contributed by atoms with Gasteiger partial charge in [0.1, 0.15) is 17.8 Å². The summed E-state index contributed by atoms with van der Waals surface area (Å²) in [5.74, 6) is -0.849. The van der Waals surface area contributed by atoms with E-state index in [1.165, 1.54) is 19.1 Å². The zero-order valence-corrected chi connectivity index (χ0v) is 14.9. The van der Waals surface area contributed by atoms with Crippen molar-refractivity contribution in [2.45, 2.75) is 45.1 Å². The SMILES string of the molecule is CC(=O)c1ccc(OC(=O)CN2C(=O)NC3(CCCCC3C)C2=O)cc1. The summed E-state index contributed by atoms with van der Waals surface area (Å²) in [5.41, 5.74) is -0.384. The molecule has 0 bridgehead atoms. The highest BCUT2D eigenvalue weighted by atomic mass is 16.5. The van der Waals surface area contributed by atoms with Gasteiger partial charge in [0.05, 0.1) is 0 Å². The van der Waals surface area contributed by atoms with Crippen LogP contribution in [0.5, 0.6) is 5.75 Å². The number of Topliss-reactive ketones (excluding diaryl/α,β-unsaturated/α-hetero) is 1. The molecule has 2 fully saturated rings. The molecule has 2 unspecified atom stereocenters. The van der Waals surface area contributed by atoms with Gasteiger partial charge in [0.25, 0.3) is 5.91 Å². The maximum atomic E-state index is 12.8. The number of esters is 1. The Morgan fingerprint density at radius 2 is 1.92 bits per heavy atom. The minimum absolute atomic E-state index is 0.0350. The van der Waals surface area contributed by atoms with Crippen molar-refractivity contribution >= 4 is 23.7 Å². The number of amides is 3. The third-order valence-corrected chi connectivity index (χ3v) is 5.28. The number of hydrogen-bond donors (Lipinski definition) is 1. The van der Waals surface area contributed by atoms with Gasteiger partial charge in [-0.3, -0.25) is 14.5 Å². The van der Waals surface area contributed by atoms with Gasteiger partial charge in [0.2, 0.25) is 0 Å². The van der Waals surface area contributed by atoms with Crippen molar-refractivity contribution < 1.29 is 23.9 Å². The zero-order chi connectivity index (χ0) is 18.9. The molecule has 1 aliphatic carbocycles. The molecule has 1 N–H and O–H groups in total. The predicted molar refractivity (Wildman–Crippen MR) is 92.7 cm³/mol. The molecule has 0 aromatic heterocycles. The van der Waals surface area contributed by atoms with Crippen LogP contribution in [-0.2, 0) is 9.59 Å². The Morgan fingerprint density at radius 3 is 2.54 bits per heavy atom. The van der Waals surface area contributed by atoms with Crippen LogP contribution >= 0.6 is 0 Å². The van der Waals surface area contributed by atoms with Gasteiger partial charge in [0, 0.05) is 5.56 Å². The van der Waals surface area contributed by atoms with E-state index in [-0.39, 0.29) is 23.4 Å². The molecule has 1 aromatic carbocycles. The maximum absolute atomic E-state index is 12.8. The second-order valence-electron chi connectivity index (χ2n) is 6.99. The summed E-state index contributed by atoms with van der Waals surface area (Å²) in [5, 5.41) is 2.80. The molecule has 26 heavy (non-hydrogen) atoms. The largest absolute Gasteiger partial charge is 0.425 e. The standard InChI is InChI=1S/C19H22N2O5/c1-12-5-3-4-10-19(12)17(24)21(18(25)20-19)11-16(23)26-15-8-6-14(7-9-15)13(2)22/h6-9,12H,3-5,10-11H2,1-2H3,(H,20,25). The number of carbonyl (C=O) groups is 4. The van der Waals surface area contributed by atoms with Crippen molar-refractivity contribution in [1.82, 2.24) is 10.2 Å². The lowest BCUT2D eigenvalue weighted by Crippen LogP contribution is -2.54. The summed E-state index contributed by atoms with van der Waals surface area (Å²) >= 11 is 0. The summed E-state index contributed by atoms with van der Waals surface area (Å²) in [7, 11) is 0. The first-order chi connectivity index (χ1) is 12.3. The summed E-state index contributed by atoms with van der Waals surface area (Å²) in [6.07, 6.45) is 3.37. The van der Waals surface area contributed by atoms with E-state index >= 15 is 0 Å². The fourth-order valence-corrected chi connectivity index (χ4v) is 3.69. The van der Waals surface area contributed by atoms with Crippen LogP contribution < -0.4 is 10.1 Å². The molecule has 1 aromatic rings. The molecule has 1 aliphatic heterocycles. The molecule has 0 radical (unpaired) electrons. The minimum atomic E-state index is -0.890. The molecule has 2 atom stereocenters. The monoisotopic (exact) mass is 358 g/mol. The van der Waals surface area contributed by atoms with Crippen LogP contribution in [0.15, 0.2) is 24.3 Å². The molecule has 7 heteroatoms. The summed E-state index contributed by atoms with van der Waals surface area (Å²) < 4.78 is 5.19. The number of hydrogen-bond acceptors (Lipinski definition) is 5. The van der Waals surface area contributed by atoms with Crippen molar-refractivity contribution in [3.05, 3.63) is 29.8 Å². The Bertz CT molecular complexity index is 758. The van der Waals surface area contributed by atoms with Gasteiger partial charge in [0.15, 0.2) is 5.78 Å². The zero-order valence-electron chi connectivity index (χ0n) is 14.9. The number of carbonyl (C=O) groups excluding carboxylic acids is 4. The third kappa shape index (κ3) is 3.21. The Morgan fingerprint density at radius 1 is 1.23 bits per heavy atom. The molecule has 1 heterocycles. The van der Waals surface area contributed by atoms with Gasteiger partial charge in [-0.25, -0.2) is 9.59 Å². The van der Waals surface area contributed by atoms with E-state index in [1.807, 2.05) is 6.92 Å². The molecule has 1 spiro atoms. The first-order valence-electron chi connectivity index (χ1n) is 8.79. The first kappa shape index (κ1) is 18.1. The molecule has 138 valence electrons. The van der Waals surface area contributed by atoms with Gasteiger partial charge >= 0.3 is 12.0 Å². The lowest BCUT2D eigenvalue weighted by atomic mass is 9.73. The number of rotatable bonds is 4. The fourth-order valence-electron chi connectivity index (χ4n) is 3.69. The highest BCUT2D eigenvalue weighted by Crippen LogP contribution is 2.38. The molecular formula is C19H22N2O5. The average Bonchev–Trinajstić information content (AvgIpc) is 2.83. The maximum Gasteiger partial charge on any atom is 0.331 e. The Kier molecular flexibility index (Phi) is 4.80. The van der Waals surface area contributed by atoms with Crippen molar-refractivity contribution in [2.24, 2.45) is 5.92 Å². The van der Waals surface area contributed by atoms with Crippen LogP contribution in [0.3, 0.4) is 0 Å². The van der Waals surface area contributed by atoms with Gasteiger partial charge in [-0.15, -0.1) is 0 Å². The molecule has 2 aliphatic rings. The number of benzene rings is 1. The van der Waals surface area contributed by atoms with Crippen LogP contribution in [0.25, 0.3) is 0 Å². The molecule has 3 rings (SSSR count). The minimum Gasteiger partial charge on any atom is -0.425 e. The Hall–Kier alpha value is -2.70. The number of ether oxygens (including phenoxy) is 1. The van der Waals surface area contributed by atoms with E-state index in [9.17, 15) is 19.2 Å². The van der Waals surface area contributed by atoms with Crippen LogP contribution in [0, 0.1) is 5.92 Å². The topological polar surface area (TPSA) is 92.8 Å². The van der Waals surface area contributed by atoms with E-state index in [2.05, 4.69) is 5.32 Å². The molecule has 1 saturated carbocycles. The lowest BCUT2D eigenvalue weighted by molar-refractivity contribution is -0.142. The van der Waals surface area contributed by atoms with Crippen LogP contribution in [0.1, 0.15) is 49.9 Å². The van der Waals surface area contributed by atoms with E-state index < -0.39 is 24.1 Å². The van der Waals surface area contributed by atoms with Gasteiger partial charge < -0.3 is 10.1 Å². The van der Waals surface area contributed by atoms with Crippen LogP contribution in [0.2, 0.25) is 0 Å². The normalized spacial score (nSPS) is 25.3. The van der Waals surface area contributed by atoms with Crippen molar-refractivity contribution in [1.29, 1.82) is 0 Å². The van der Waals surface area contributed by atoms with Crippen LogP contribution in [-0.4, -0.2) is 40.7 Å². The van der Waals surface area contributed by atoms with E-state index in [1.54, 1.807) is 12.1 Å². The Balaban J connectivity index is 1.66. The summed E-state index contributed by atoms with van der Waals surface area (Å²) in [6, 6.07) is 5.57. The molecule has 7 nitrogen and oxygen atoms in total. The van der Waals surface area contributed by atoms with Crippen LogP contribution in [0.4, 0.5) is 4.79 Å². The number of urea groups is 1. The Labute approximate surface area is 151 Å². The van der Waals surface area contributed by atoms with Crippen molar-refractivity contribution in [2.75, 3.05) is 6.54 Å². The summed E-state index contributed by atoms with van der Waals surface area (Å²) in [6.45, 7) is 2.96. The molecular weight excluding hydrogens is 336 g/mol. The quantitative estimate of drug-likeness (QED) is 0.386. The number of nitrogens with one attached hydrogen (secondary N) is 1. The van der Waals surface area contributed by atoms with Gasteiger partial charge in [-0.1, -0.05) is 19.8 Å². The first-order valence-corrected chi connectivity index (χ1v) is 8.79. The number of nitrogens with zero attached hydrogens (tertiary/aromatic N) is 1. The molecule has 1 saturated heterocycles. The second kappa shape index (κ2) is 6.90. The average molecular weight is 358 g/mol. The summed E-state index contributed by atoms with van der Waals surface area (Å²) in [4.78, 5) is 49.4. The number of imide groups is 1. The second-order valence-corrected chi connectivity index (χ2v) is 6.99. The smallest absolute Gasteiger partial charge is 0.331 e. The van der Waals surface area contributed by atoms with Crippen molar-refractivity contribution in [3.63, 3.8) is 0 Å². The third-order valence-electron chi connectivity index (χ3n) is 5.28. The highest BCUT2D eigenvalue weighted by molar-refractivity contribution is 6.09. The number of ketones is 1. The van der Waals surface area contributed by atoms with Gasteiger partial charge in [-0.05, 0) is 49.9 Å². The fraction of sp³-hybridized carbons (Fsp3) is 0.474. The highest BCUT2D eigenvalue weighted by Gasteiger charge is 2.55. The van der Waals surface area contributed by atoms with Crippen molar-refractivity contribution in [3.8, 4) is 5.75 Å². The van der Waals surface area contributed by atoms with Gasteiger partial charge in [-0.2, -0.15) is 0 Å². The molecule has 3 amide bonds. The van der Waals surface area contributed by atoms with E-state index in [0.717, 1.165) is 24.2 Å². The van der Waals surface area contributed by atoms with E-state index in [4.69, 9.17) is 4.74 Å².